The van der Waals surface area contributed by atoms with Gasteiger partial charge in [0, 0.05) is 13.1 Å². The molecule has 0 spiro atoms. The highest BCUT2D eigenvalue weighted by atomic mass is 16.6. The second-order valence-electron chi connectivity index (χ2n) is 6.90. The molecule has 116 valence electrons. The van der Waals surface area contributed by atoms with Gasteiger partial charge in [0.05, 0.1) is 0 Å². The van der Waals surface area contributed by atoms with Crippen LogP contribution >= 0.6 is 0 Å². The summed E-state index contributed by atoms with van der Waals surface area (Å²) in [4.78, 5) is 14.4. The molecule has 2 fully saturated rings. The van der Waals surface area contributed by atoms with Gasteiger partial charge in [-0.25, -0.2) is 4.79 Å². The number of hydrogen-bond acceptors (Lipinski definition) is 2. The maximum absolute atomic E-state index is 12.5. The van der Waals surface area contributed by atoms with Crippen LogP contribution in [0.15, 0.2) is 0 Å². The predicted octanol–water partition coefficient (Wildman–Crippen LogP) is 4.75. The van der Waals surface area contributed by atoms with E-state index in [0.717, 1.165) is 38.8 Å². The molecule has 3 nitrogen and oxygen atoms in total. The van der Waals surface area contributed by atoms with Crippen LogP contribution in [-0.4, -0.2) is 29.7 Å². The molecule has 1 heterocycles. The van der Waals surface area contributed by atoms with Crippen molar-refractivity contribution in [2.45, 2.75) is 83.7 Å². The Kier molecular flexibility index (Phi) is 5.74. The monoisotopic (exact) mass is 281 g/mol. The van der Waals surface area contributed by atoms with Gasteiger partial charge >= 0.3 is 6.09 Å². The fourth-order valence-electron chi connectivity index (χ4n) is 3.62. The average Bonchev–Trinajstić information content (AvgIpc) is 2.42. The Balaban J connectivity index is 2.00. The maximum Gasteiger partial charge on any atom is 0.410 e. The summed E-state index contributed by atoms with van der Waals surface area (Å²) in [5.74, 6) is 0.411. The lowest BCUT2D eigenvalue weighted by Gasteiger charge is -2.40. The highest BCUT2D eigenvalue weighted by Gasteiger charge is 2.38. The van der Waals surface area contributed by atoms with E-state index in [-0.39, 0.29) is 11.7 Å². The van der Waals surface area contributed by atoms with Crippen molar-refractivity contribution < 1.29 is 9.53 Å². The van der Waals surface area contributed by atoms with Gasteiger partial charge in [-0.15, -0.1) is 0 Å². The zero-order valence-corrected chi connectivity index (χ0v) is 13.3. The van der Waals surface area contributed by atoms with E-state index in [9.17, 15) is 4.79 Å². The van der Waals surface area contributed by atoms with Crippen molar-refractivity contribution in [1.29, 1.82) is 0 Å². The van der Waals surface area contributed by atoms with E-state index in [2.05, 4.69) is 13.8 Å². The van der Waals surface area contributed by atoms with E-state index in [1.807, 2.05) is 4.90 Å². The lowest BCUT2D eigenvalue weighted by atomic mass is 9.79. The number of amides is 1. The van der Waals surface area contributed by atoms with E-state index in [0.29, 0.717) is 5.92 Å². The van der Waals surface area contributed by atoms with Crippen molar-refractivity contribution in [3.63, 3.8) is 0 Å². The van der Waals surface area contributed by atoms with Crippen molar-refractivity contribution in [1.82, 2.24) is 4.90 Å². The molecule has 20 heavy (non-hydrogen) atoms. The Morgan fingerprint density at radius 2 is 1.40 bits per heavy atom. The molecule has 0 atom stereocenters. The van der Waals surface area contributed by atoms with Crippen LogP contribution in [0.1, 0.15) is 78.1 Å². The van der Waals surface area contributed by atoms with Gasteiger partial charge in [-0.1, -0.05) is 33.1 Å². The lowest BCUT2D eigenvalue weighted by Crippen LogP contribution is -2.46. The highest BCUT2D eigenvalue weighted by Crippen LogP contribution is 2.36. The molecule has 0 unspecified atom stereocenters. The summed E-state index contributed by atoms with van der Waals surface area (Å²) in [6, 6.07) is 0. The number of hydrogen-bond donors (Lipinski definition) is 0. The maximum atomic E-state index is 12.5. The van der Waals surface area contributed by atoms with Gasteiger partial charge in [0.1, 0.15) is 5.60 Å². The molecular weight excluding hydrogens is 250 g/mol. The summed E-state index contributed by atoms with van der Waals surface area (Å²) in [6.45, 7) is 6.19. The first-order chi connectivity index (χ1) is 9.64. The van der Waals surface area contributed by atoms with Crippen LogP contribution in [0.3, 0.4) is 0 Å². The van der Waals surface area contributed by atoms with Gasteiger partial charge in [0.15, 0.2) is 0 Å². The van der Waals surface area contributed by atoms with E-state index in [1.54, 1.807) is 0 Å². The fraction of sp³-hybridized carbons (Fsp3) is 0.941. The Morgan fingerprint density at radius 1 is 0.900 bits per heavy atom. The van der Waals surface area contributed by atoms with Gasteiger partial charge in [-0.05, 0) is 50.9 Å². The van der Waals surface area contributed by atoms with Crippen LogP contribution in [0.4, 0.5) is 4.79 Å². The molecule has 0 aromatic heterocycles. The number of carbonyl (C=O) groups excluding carboxylic acids is 1. The SMILES string of the molecule is CC(C)C1(OC(=O)N2CCCCC2)CCCCCCC1. The van der Waals surface area contributed by atoms with Gasteiger partial charge in [0.25, 0.3) is 0 Å². The summed E-state index contributed by atoms with van der Waals surface area (Å²) in [7, 11) is 0. The van der Waals surface area contributed by atoms with E-state index >= 15 is 0 Å². The molecule has 1 saturated heterocycles. The van der Waals surface area contributed by atoms with Crippen molar-refractivity contribution in [2.24, 2.45) is 5.92 Å². The van der Waals surface area contributed by atoms with Crippen molar-refractivity contribution >= 4 is 6.09 Å². The molecule has 2 aliphatic rings. The molecule has 2 rings (SSSR count). The summed E-state index contributed by atoms with van der Waals surface area (Å²) < 4.78 is 6.10. The molecule has 1 amide bonds. The van der Waals surface area contributed by atoms with Crippen molar-refractivity contribution in [2.75, 3.05) is 13.1 Å². The first-order valence-corrected chi connectivity index (χ1v) is 8.62. The minimum absolute atomic E-state index is 0.0565. The topological polar surface area (TPSA) is 29.5 Å². The summed E-state index contributed by atoms with van der Waals surface area (Å²) in [5, 5.41) is 0. The van der Waals surface area contributed by atoms with Gasteiger partial charge in [-0.2, -0.15) is 0 Å². The van der Waals surface area contributed by atoms with Crippen LogP contribution in [0.5, 0.6) is 0 Å². The zero-order chi connectivity index (χ0) is 14.4. The molecule has 1 aliphatic heterocycles. The number of nitrogens with zero attached hydrogens (tertiary/aromatic N) is 1. The predicted molar refractivity (Wildman–Crippen MR) is 81.8 cm³/mol. The van der Waals surface area contributed by atoms with Crippen LogP contribution in [0.2, 0.25) is 0 Å². The second-order valence-corrected chi connectivity index (χ2v) is 6.90. The number of rotatable bonds is 2. The second kappa shape index (κ2) is 7.33. The molecule has 0 radical (unpaired) electrons. The van der Waals surface area contributed by atoms with Crippen molar-refractivity contribution in [3.8, 4) is 0 Å². The van der Waals surface area contributed by atoms with E-state index in [1.165, 1.54) is 38.5 Å². The number of carbonyl (C=O) groups is 1. The molecule has 0 aromatic carbocycles. The van der Waals surface area contributed by atoms with Crippen LogP contribution < -0.4 is 0 Å². The molecule has 0 aromatic rings. The number of likely N-dealkylation sites (tertiary alicyclic amines) is 1. The van der Waals surface area contributed by atoms with Crippen molar-refractivity contribution in [3.05, 3.63) is 0 Å². The Bertz CT molecular complexity index is 300. The van der Waals surface area contributed by atoms with Gasteiger partial charge < -0.3 is 9.64 Å². The summed E-state index contributed by atoms with van der Waals surface area (Å²) in [6.07, 6.45) is 11.9. The minimum atomic E-state index is -0.213. The molecular formula is C17H31NO2. The Morgan fingerprint density at radius 3 is 1.95 bits per heavy atom. The third kappa shape index (κ3) is 3.89. The summed E-state index contributed by atoms with van der Waals surface area (Å²) in [5.41, 5.74) is -0.213. The van der Waals surface area contributed by atoms with Gasteiger partial charge in [-0.3, -0.25) is 0 Å². The lowest BCUT2D eigenvalue weighted by molar-refractivity contribution is -0.0586. The minimum Gasteiger partial charge on any atom is -0.443 e. The highest BCUT2D eigenvalue weighted by molar-refractivity contribution is 5.68. The van der Waals surface area contributed by atoms with Crippen LogP contribution in [0.25, 0.3) is 0 Å². The molecule has 3 heteroatoms. The quantitative estimate of drug-likeness (QED) is 0.731. The number of ether oxygens (including phenoxy) is 1. The van der Waals surface area contributed by atoms with Crippen LogP contribution in [0, 0.1) is 5.92 Å². The third-order valence-corrected chi connectivity index (χ3v) is 5.16. The standard InChI is InChI=1S/C17H31NO2/c1-15(2)17(11-7-4-3-5-8-12-17)20-16(19)18-13-9-6-10-14-18/h15H,3-14H2,1-2H3. The van der Waals surface area contributed by atoms with Crippen LogP contribution in [-0.2, 0) is 4.74 Å². The third-order valence-electron chi connectivity index (χ3n) is 5.16. The smallest absolute Gasteiger partial charge is 0.410 e. The largest absolute Gasteiger partial charge is 0.443 e. The molecule has 1 saturated carbocycles. The van der Waals surface area contributed by atoms with E-state index in [4.69, 9.17) is 4.74 Å². The Labute approximate surface area is 124 Å². The van der Waals surface area contributed by atoms with E-state index < -0.39 is 0 Å². The Hall–Kier alpha value is -0.730. The molecule has 1 aliphatic carbocycles. The first-order valence-electron chi connectivity index (χ1n) is 8.62. The first kappa shape index (κ1) is 15.7. The fourth-order valence-corrected chi connectivity index (χ4v) is 3.62. The normalized spacial score (nSPS) is 24.1. The molecule has 0 bridgehead atoms. The van der Waals surface area contributed by atoms with Gasteiger partial charge in [0.2, 0.25) is 0 Å². The number of piperidine rings is 1. The molecule has 0 N–H and O–H groups in total. The summed E-state index contributed by atoms with van der Waals surface area (Å²) >= 11 is 0. The average molecular weight is 281 g/mol. The zero-order valence-electron chi connectivity index (χ0n) is 13.3.